The highest BCUT2D eigenvalue weighted by atomic mass is 16.2. The van der Waals surface area contributed by atoms with Gasteiger partial charge >= 0.3 is 0 Å². The van der Waals surface area contributed by atoms with Gasteiger partial charge in [0.25, 0.3) is 0 Å². The van der Waals surface area contributed by atoms with E-state index in [0.29, 0.717) is 43.8 Å². The van der Waals surface area contributed by atoms with Crippen LogP contribution in [0.3, 0.4) is 0 Å². The number of likely N-dealkylation sites (N-methyl/N-ethyl adjacent to an activating group) is 1. The van der Waals surface area contributed by atoms with Crippen LogP contribution in [-0.2, 0) is 25.6 Å². The minimum absolute atomic E-state index is 0.00955. The number of hydrogen-bond donors (Lipinski definition) is 2. The number of benzene rings is 1. The average Bonchev–Trinajstić information content (AvgIpc) is 3.04. The maximum atomic E-state index is 13.5. The van der Waals surface area contributed by atoms with Gasteiger partial charge in [0, 0.05) is 50.1 Å². The molecule has 0 aromatic heterocycles. The van der Waals surface area contributed by atoms with E-state index in [2.05, 4.69) is 36.1 Å². The molecule has 1 aromatic rings. The van der Waals surface area contributed by atoms with Gasteiger partial charge in [0.15, 0.2) is 5.78 Å². The molecule has 8 heteroatoms. The monoisotopic (exact) mass is 636 g/mol. The number of carbonyl (C=O) groups excluding carboxylic acids is 4. The summed E-state index contributed by atoms with van der Waals surface area (Å²) in [6.45, 7) is 17.3. The summed E-state index contributed by atoms with van der Waals surface area (Å²) in [5.41, 5.74) is 2.57. The molecule has 256 valence electrons. The van der Waals surface area contributed by atoms with Crippen molar-refractivity contribution in [1.29, 1.82) is 0 Å². The first-order valence-corrected chi connectivity index (χ1v) is 17.4. The van der Waals surface area contributed by atoms with Crippen molar-refractivity contribution in [2.75, 3.05) is 32.0 Å². The number of Topliss-reactive ketones (excluding diaryl/α,β-unsaturated/α-hetero) is 1. The Labute approximate surface area is 278 Å². The Morgan fingerprint density at radius 1 is 1.00 bits per heavy atom. The van der Waals surface area contributed by atoms with E-state index in [1.54, 1.807) is 26.0 Å². The van der Waals surface area contributed by atoms with Crippen LogP contribution in [0.25, 0.3) is 0 Å². The Hall–Kier alpha value is -3.26. The first-order chi connectivity index (χ1) is 21.9. The second-order valence-electron chi connectivity index (χ2n) is 13.3. The van der Waals surface area contributed by atoms with E-state index in [9.17, 15) is 19.2 Å². The molecular weight excluding hydrogens is 576 g/mol. The van der Waals surface area contributed by atoms with E-state index in [1.807, 2.05) is 49.9 Å². The molecule has 3 amide bonds. The molecule has 1 heterocycles. The van der Waals surface area contributed by atoms with Crippen molar-refractivity contribution in [3.63, 3.8) is 0 Å². The molecule has 0 bridgehead atoms. The Kier molecular flexibility index (Phi) is 17.0. The first-order valence-electron chi connectivity index (χ1n) is 17.4. The quantitative estimate of drug-likeness (QED) is 0.189. The van der Waals surface area contributed by atoms with Crippen molar-refractivity contribution in [3.8, 4) is 0 Å². The summed E-state index contributed by atoms with van der Waals surface area (Å²) in [5, 5.41) is 6.02. The van der Waals surface area contributed by atoms with Crippen molar-refractivity contribution >= 4 is 29.2 Å². The van der Waals surface area contributed by atoms with Crippen LogP contribution >= 0.6 is 0 Å². The van der Waals surface area contributed by atoms with Crippen LogP contribution in [0, 0.1) is 17.8 Å². The molecule has 3 rings (SSSR count). The number of amides is 3. The molecule has 3 atom stereocenters. The van der Waals surface area contributed by atoms with Crippen molar-refractivity contribution < 1.29 is 19.2 Å². The lowest BCUT2D eigenvalue weighted by Crippen LogP contribution is -2.58. The zero-order chi connectivity index (χ0) is 34.2. The minimum atomic E-state index is -0.588. The second-order valence-corrected chi connectivity index (χ2v) is 13.3. The maximum Gasteiger partial charge on any atom is 0.245 e. The molecule has 2 unspecified atom stereocenters. The van der Waals surface area contributed by atoms with Crippen LogP contribution in [0.4, 0.5) is 5.69 Å². The van der Waals surface area contributed by atoms with E-state index < -0.39 is 6.04 Å². The van der Waals surface area contributed by atoms with Crippen molar-refractivity contribution in [3.05, 3.63) is 54.1 Å². The zero-order valence-electron chi connectivity index (χ0n) is 29.6. The molecular formula is C38H60N4O4. The first kappa shape index (κ1) is 38.9. The van der Waals surface area contributed by atoms with Gasteiger partial charge in [-0.05, 0) is 68.3 Å². The Balaban J connectivity index is 0.000000634. The van der Waals surface area contributed by atoms with Gasteiger partial charge in [-0.25, -0.2) is 0 Å². The Bertz CT molecular complexity index is 1170. The number of nitrogens with one attached hydrogen (secondary N) is 2. The van der Waals surface area contributed by atoms with Gasteiger partial charge in [0.2, 0.25) is 17.7 Å². The zero-order valence-corrected chi connectivity index (χ0v) is 29.6. The SMILES string of the molecule is C=C/C=C(/C(C)=O)C(C)C.CCCC1CN(C(=O)C(Cc2ccc(NC(=O)[C@@H](C)C3CCCCC3)cc2)NC(=O)CC)CCN1C. The van der Waals surface area contributed by atoms with Crippen molar-refractivity contribution in [1.82, 2.24) is 15.1 Å². The van der Waals surface area contributed by atoms with Crippen LogP contribution in [0.2, 0.25) is 0 Å². The molecule has 0 spiro atoms. The number of hydrogen-bond acceptors (Lipinski definition) is 5. The molecule has 1 aliphatic carbocycles. The normalized spacial score (nSPS) is 19.0. The smallest absolute Gasteiger partial charge is 0.245 e. The summed E-state index contributed by atoms with van der Waals surface area (Å²) < 4.78 is 0. The molecule has 1 aliphatic heterocycles. The van der Waals surface area contributed by atoms with Crippen LogP contribution in [0.1, 0.15) is 98.5 Å². The Morgan fingerprint density at radius 3 is 2.17 bits per heavy atom. The standard InChI is InChI=1S/C29H46N4O3.C9H14O/c1-5-10-25-20-33(18-17-32(25)4)29(36)26(31-27(34)6-2)19-22-13-15-24(16-14-22)30-28(35)21(3)23-11-8-7-9-12-23;1-5-6-9(7(2)3)8(4)10/h13-16,21,23,25-26H,5-12,17-20H2,1-4H3,(H,30,35)(H,31,34);5-7H,1H2,2-4H3/b;9-6+/t21-,25?,26?;/m0./s1. The maximum absolute atomic E-state index is 13.5. The number of ketones is 1. The summed E-state index contributed by atoms with van der Waals surface area (Å²) >= 11 is 0. The average molecular weight is 637 g/mol. The van der Waals surface area contributed by atoms with E-state index in [1.165, 1.54) is 19.3 Å². The highest BCUT2D eigenvalue weighted by molar-refractivity contribution is 5.94. The highest BCUT2D eigenvalue weighted by Gasteiger charge is 2.32. The topological polar surface area (TPSA) is 98.8 Å². The molecule has 46 heavy (non-hydrogen) atoms. The van der Waals surface area contributed by atoms with Gasteiger partial charge in [0.05, 0.1) is 0 Å². The summed E-state index contributed by atoms with van der Waals surface area (Å²) in [5.74, 6) is 0.868. The number of allylic oxidation sites excluding steroid dienone is 3. The number of nitrogens with zero attached hydrogens (tertiary/aromatic N) is 2. The molecule has 1 aromatic carbocycles. The molecule has 8 nitrogen and oxygen atoms in total. The van der Waals surface area contributed by atoms with Gasteiger partial charge in [-0.1, -0.05) is 91.2 Å². The second kappa shape index (κ2) is 20.1. The third kappa shape index (κ3) is 12.5. The largest absolute Gasteiger partial charge is 0.344 e. The van der Waals surface area contributed by atoms with Gasteiger partial charge < -0.3 is 15.5 Å². The number of carbonyl (C=O) groups is 4. The van der Waals surface area contributed by atoms with Crippen LogP contribution in [-0.4, -0.2) is 72.1 Å². The minimum Gasteiger partial charge on any atom is -0.344 e. The molecule has 1 saturated heterocycles. The van der Waals surface area contributed by atoms with Crippen molar-refractivity contribution in [2.45, 2.75) is 111 Å². The van der Waals surface area contributed by atoms with Gasteiger partial charge in [-0.2, -0.15) is 0 Å². The lowest BCUT2D eigenvalue weighted by Gasteiger charge is -2.40. The van der Waals surface area contributed by atoms with Crippen LogP contribution < -0.4 is 10.6 Å². The summed E-state index contributed by atoms with van der Waals surface area (Å²) in [7, 11) is 2.12. The lowest BCUT2D eigenvalue weighted by molar-refractivity contribution is -0.138. The van der Waals surface area contributed by atoms with Gasteiger partial charge in [-0.3, -0.25) is 24.1 Å². The van der Waals surface area contributed by atoms with E-state index in [4.69, 9.17) is 0 Å². The summed E-state index contributed by atoms with van der Waals surface area (Å²) in [6.07, 6.45) is 12.3. The highest BCUT2D eigenvalue weighted by Crippen LogP contribution is 2.30. The fourth-order valence-corrected chi connectivity index (χ4v) is 6.42. The third-order valence-electron chi connectivity index (χ3n) is 9.42. The van der Waals surface area contributed by atoms with Gasteiger partial charge in [0.1, 0.15) is 6.04 Å². The van der Waals surface area contributed by atoms with E-state index in [-0.39, 0.29) is 29.4 Å². The predicted molar refractivity (Wildman–Crippen MR) is 188 cm³/mol. The lowest BCUT2D eigenvalue weighted by atomic mass is 9.80. The van der Waals surface area contributed by atoms with E-state index >= 15 is 0 Å². The fourth-order valence-electron chi connectivity index (χ4n) is 6.42. The summed E-state index contributed by atoms with van der Waals surface area (Å²) in [6, 6.07) is 7.46. The molecule has 2 aliphatic rings. The number of rotatable bonds is 13. The third-order valence-corrected chi connectivity index (χ3v) is 9.42. The molecule has 2 fully saturated rings. The van der Waals surface area contributed by atoms with Crippen molar-refractivity contribution in [2.24, 2.45) is 17.8 Å². The van der Waals surface area contributed by atoms with Gasteiger partial charge in [-0.15, -0.1) is 0 Å². The molecule has 0 radical (unpaired) electrons. The van der Waals surface area contributed by atoms with Crippen LogP contribution in [0.15, 0.2) is 48.6 Å². The number of anilines is 1. The number of piperazine rings is 1. The molecule has 1 saturated carbocycles. The fraction of sp³-hybridized carbons (Fsp3) is 0.632. The molecule has 2 N–H and O–H groups in total. The van der Waals surface area contributed by atoms with E-state index in [0.717, 1.165) is 49.1 Å². The predicted octanol–water partition coefficient (Wildman–Crippen LogP) is 6.57. The van der Waals surface area contributed by atoms with Crippen LogP contribution in [0.5, 0.6) is 0 Å². The Morgan fingerprint density at radius 2 is 1.65 bits per heavy atom. The summed E-state index contributed by atoms with van der Waals surface area (Å²) in [4.78, 5) is 53.6.